The number of rotatable bonds is 3. The van der Waals surface area contributed by atoms with Gasteiger partial charge in [-0.2, -0.15) is 0 Å². The fourth-order valence-corrected chi connectivity index (χ4v) is 2.42. The van der Waals surface area contributed by atoms with Crippen LogP contribution >= 0.6 is 34.8 Å². The Kier molecular flexibility index (Phi) is 5.32. The number of halogens is 3. The van der Waals surface area contributed by atoms with Crippen LogP contribution in [0.5, 0.6) is 0 Å². The Balaban J connectivity index is 2.05. The Morgan fingerprint density at radius 3 is 2.65 bits per heavy atom. The van der Waals surface area contributed by atoms with Crippen LogP contribution < -0.4 is 5.32 Å². The molecule has 1 unspecified atom stereocenters. The second kappa shape index (κ2) is 6.80. The molecule has 0 spiro atoms. The molecule has 1 amide bonds. The number of nitrogens with zero attached hydrogens (tertiary/aromatic N) is 2. The molecular weight excluding hydrogens is 325 g/mol. The summed E-state index contributed by atoms with van der Waals surface area (Å²) in [6, 6.07) is 1.03. The highest BCUT2D eigenvalue weighted by molar-refractivity contribution is 6.42. The van der Waals surface area contributed by atoms with E-state index >= 15 is 0 Å². The minimum Gasteiger partial charge on any atom is -0.378 e. The van der Waals surface area contributed by atoms with Gasteiger partial charge in [-0.1, -0.05) is 34.8 Å². The van der Waals surface area contributed by atoms with Crippen molar-refractivity contribution in [2.24, 2.45) is 0 Å². The predicted molar refractivity (Wildman–Crippen MR) is 79.8 cm³/mol. The smallest absolute Gasteiger partial charge is 0.244 e. The highest BCUT2D eigenvalue weighted by Gasteiger charge is 2.23. The van der Waals surface area contributed by atoms with Crippen molar-refractivity contribution < 1.29 is 9.53 Å². The summed E-state index contributed by atoms with van der Waals surface area (Å²) in [6.45, 7) is 4.05. The number of morpholine rings is 1. The number of pyridine rings is 1. The topological polar surface area (TPSA) is 54.5 Å². The molecule has 1 saturated heterocycles. The van der Waals surface area contributed by atoms with Crippen molar-refractivity contribution in [1.82, 2.24) is 9.88 Å². The van der Waals surface area contributed by atoms with Crippen molar-refractivity contribution in [3.8, 4) is 0 Å². The lowest BCUT2D eigenvalue weighted by Gasteiger charge is -2.29. The average Bonchev–Trinajstić information content (AvgIpc) is 2.44. The number of carbonyl (C=O) groups excluding carboxylic acids is 1. The minimum absolute atomic E-state index is 0.0303. The number of amides is 1. The normalized spacial score (nSPS) is 16.9. The summed E-state index contributed by atoms with van der Waals surface area (Å²) in [6.07, 6.45) is 0. The molecule has 1 aromatic rings. The molecule has 1 aromatic heterocycles. The lowest BCUT2D eigenvalue weighted by molar-refractivity contribution is -0.135. The standard InChI is InChI=1S/C12H14Cl3N3O2/c1-7(12(19)18-2-4-20-5-3-18)16-11-9(14)6-8(13)10(15)17-11/h6-7H,2-5H2,1H3,(H,16,17). The third-order valence-electron chi connectivity index (χ3n) is 2.93. The quantitative estimate of drug-likeness (QED) is 0.861. The van der Waals surface area contributed by atoms with Crippen LogP contribution in [0.3, 0.4) is 0 Å². The molecule has 0 radical (unpaired) electrons. The summed E-state index contributed by atoms with van der Waals surface area (Å²) in [5.41, 5.74) is 0. The van der Waals surface area contributed by atoms with Crippen LogP contribution in [0.15, 0.2) is 6.07 Å². The Bertz CT molecular complexity index is 507. The molecule has 20 heavy (non-hydrogen) atoms. The molecule has 2 rings (SSSR count). The Labute approximate surface area is 132 Å². The van der Waals surface area contributed by atoms with Crippen molar-refractivity contribution >= 4 is 46.5 Å². The highest BCUT2D eigenvalue weighted by atomic mass is 35.5. The molecule has 1 aliphatic heterocycles. The fraction of sp³-hybridized carbons (Fsp3) is 0.500. The molecule has 0 aromatic carbocycles. The van der Waals surface area contributed by atoms with Crippen LogP contribution in [-0.4, -0.2) is 48.1 Å². The lowest BCUT2D eigenvalue weighted by Crippen LogP contribution is -2.47. The zero-order valence-electron chi connectivity index (χ0n) is 10.8. The zero-order valence-corrected chi connectivity index (χ0v) is 13.1. The van der Waals surface area contributed by atoms with Crippen LogP contribution in [-0.2, 0) is 9.53 Å². The first kappa shape index (κ1) is 15.6. The van der Waals surface area contributed by atoms with E-state index in [1.165, 1.54) is 6.07 Å². The van der Waals surface area contributed by atoms with Crippen molar-refractivity contribution in [1.29, 1.82) is 0 Å². The van der Waals surface area contributed by atoms with Crippen molar-refractivity contribution in [2.45, 2.75) is 13.0 Å². The number of ether oxygens (including phenoxy) is 1. The van der Waals surface area contributed by atoms with E-state index in [1.807, 2.05) is 0 Å². The molecular formula is C12H14Cl3N3O2. The molecule has 1 aliphatic rings. The molecule has 110 valence electrons. The van der Waals surface area contributed by atoms with Gasteiger partial charge in [0.05, 0.1) is 23.3 Å². The van der Waals surface area contributed by atoms with Gasteiger partial charge in [-0.05, 0) is 13.0 Å². The number of nitrogens with one attached hydrogen (secondary N) is 1. The molecule has 5 nitrogen and oxygen atoms in total. The zero-order chi connectivity index (χ0) is 14.7. The third-order valence-corrected chi connectivity index (χ3v) is 3.89. The van der Waals surface area contributed by atoms with Crippen molar-refractivity contribution in [2.75, 3.05) is 31.6 Å². The summed E-state index contributed by atoms with van der Waals surface area (Å²) in [5.74, 6) is 0.312. The molecule has 8 heteroatoms. The van der Waals surface area contributed by atoms with Crippen LogP contribution in [0.25, 0.3) is 0 Å². The molecule has 0 bridgehead atoms. The first-order chi connectivity index (χ1) is 9.49. The monoisotopic (exact) mass is 337 g/mol. The van der Waals surface area contributed by atoms with Gasteiger partial charge < -0.3 is 15.0 Å². The Hall–Kier alpha value is -0.750. The van der Waals surface area contributed by atoms with Crippen LogP contribution in [0, 0.1) is 0 Å². The summed E-state index contributed by atoms with van der Waals surface area (Å²) < 4.78 is 5.22. The minimum atomic E-state index is -0.463. The van der Waals surface area contributed by atoms with Crippen LogP contribution in [0.1, 0.15) is 6.92 Å². The van der Waals surface area contributed by atoms with E-state index in [9.17, 15) is 4.79 Å². The summed E-state index contributed by atoms with van der Waals surface area (Å²) in [5, 5.41) is 3.69. The largest absolute Gasteiger partial charge is 0.378 e. The SMILES string of the molecule is CC(Nc1nc(Cl)c(Cl)cc1Cl)C(=O)N1CCOCC1. The van der Waals surface area contributed by atoms with Crippen LogP contribution in [0.4, 0.5) is 5.82 Å². The average molecular weight is 339 g/mol. The molecule has 2 heterocycles. The van der Waals surface area contributed by atoms with E-state index in [1.54, 1.807) is 11.8 Å². The second-order valence-electron chi connectivity index (χ2n) is 4.40. The maximum Gasteiger partial charge on any atom is 0.244 e. The van der Waals surface area contributed by atoms with Gasteiger partial charge in [0.2, 0.25) is 5.91 Å². The predicted octanol–water partition coefficient (Wildman–Crippen LogP) is 2.70. The summed E-state index contributed by atoms with van der Waals surface area (Å²) in [7, 11) is 0. The van der Waals surface area contributed by atoms with E-state index in [0.717, 1.165) is 0 Å². The van der Waals surface area contributed by atoms with Crippen molar-refractivity contribution in [3.05, 3.63) is 21.3 Å². The first-order valence-corrected chi connectivity index (χ1v) is 7.27. The molecule has 0 saturated carbocycles. The van der Waals surface area contributed by atoms with Gasteiger partial charge in [-0.15, -0.1) is 0 Å². The van der Waals surface area contributed by atoms with Gasteiger partial charge in [0, 0.05) is 13.1 Å². The van der Waals surface area contributed by atoms with Gasteiger partial charge in [0.1, 0.15) is 17.0 Å². The van der Waals surface area contributed by atoms with Gasteiger partial charge in [0.25, 0.3) is 0 Å². The van der Waals surface area contributed by atoms with E-state index in [-0.39, 0.29) is 16.1 Å². The second-order valence-corrected chi connectivity index (χ2v) is 5.57. The summed E-state index contributed by atoms with van der Waals surface area (Å²) in [4.78, 5) is 18.0. The van der Waals surface area contributed by atoms with E-state index in [4.69, 9.17) is 39.5 Å². The number of hydrogen-bond donors (Lipinski definition) is 1. The van der Waals surface area contributed by atoms with Gasteiger partial charge in [-0.25, -0.2) is 4.98 Å². The summed E-state index contributed by atoms with van der Waals surface area (Å²) >= 11 is 17.7. The lowest BCUT2D eigenvalue weighted by atomic mass is 10.2. The van der Waals surface area contributed by atoms with Gasteiger partial charge in [0.15, 0.2) is 0 Å². The molecule has 1 atom stereocenters. The number of aromatic nitrogens is 1. The van der Waals surface area contributed by atoms with Gasteiger partial charge >= 0.3 is 0 Å². The first-order valence-electron chi connectivity index (χ1n) is 6.13. The van der Waals surface area contributed by atoms with E-state index < -0.39 is 6.04 Å². The molecule has 1 fully saturated rings. The molecule has 1 N–H and O–H groups in total. The third kappa shape index (κ3) is 3.67. The maximum atomic E-state index is 12.2. The van der Waals surface area contributed by atoms with Gasteiger partial charge in [-0.3, -0.25) is 4.79 Å². The number of hydrogen-bond acceptors (Lipinski definition) is 4. The Morgan fingerprint density at radius 2 is 2.00 bits per heavy atom. The Morgan fingerprint density at radius 1 is 1.35 bits per heavy atom. The highest BCUT2D eigenvalue weighted by Crippen LogP contribution is 2.29. The number of anilines is 1. The van der Waals surface area contributed by atoms with E-state index in [0.29, 0.717) is 37.1 Å². The molecule has 0 aliphatic carbocycles. The van der Waals surface area contributed by atoms with Crippen LogP contribution in [0.2, 0.25) is 15.2 Å². The van der Waals surface area contributed by atoms with Crippen molar-refractivity contribution in [3.63, 3.8) is 0 Å². The maximum absolute atomic E-state index is 12.2. The van der Waals surface area contributed by atoms with E-state index in [2.05, 4.69) is 10.3 Å². The fourth-order valence-electron chi connectivity index (χ4n) is 1.87. The number of carbonyl (C=O) groups is 1.